The molecule has 1 atom stereocenters. The van der Waals surface area contributed by atoms with Gasteiger partial charge in [-0.1, -0.05) is 44.7 Å². The number of rotatable bonds is 11. The van der Waals surface area contributed by atoms with Crippen molar-refractivity contribution in [3.8, 4) is 29.1 Å². The van der Waals surface area contributed by atoms with E-state index >= 15 is 0 Å². The maximum Gasteiger partial charge on any atom is 0.343 e. The van der Waals surface area contributed by atoms with Crippen molar-refractivity contribution in [2.75, 3.05) is 13.7 Å². The van der Waals surface area contributed by atoms with Gasteiger partial charge in [-0.25, -0.2) is 9.18 Å². The first kappa shape index (κ1) is 27.5. The van der Waals surface area contributed by atoms with Gasteiger partial charge in [-0.3, -0.25) is 0 Å². The number of fused-ring (bicyclic) bond motifs is 1. The van der Waals surface area contributed by atoms with Gasteiger partial charge in [0.2, 0.25) is 5.88 Å². The minimum Gasteiger partial charge on any atom is -0.493 e. The van der Waals surface area contributed by atoms with E-state index in [1.165, 1.54) is 49.6 Å². The topological polar surface area (TPSA) is 104 Å². The quantitative estimate of drug-likeness (QED) is 0.169. The predicted molar refractivity (Wildman–Crippen MR) is 144 cm³/mol. The van der Waals surface area contributed by atoms with Crippen LogP contribution in [-0.4, -0.2) is 19.7 Å². The first-order valence-corrected chi connectivity index (χ1v) is 12.9. The molecule has 0 bridgehead atoms. The number of unbranched alkanes of at least 4 members (excludes halogenated alkanes) is 4. The van der Waals surface area contributed by atoms with Gasteiger partial charge < -0.3 is 24.7 Å². The number of carbonyl (C=O) groups is 1. The maximum atomic E-state index is 13.2. The number of nitrogens with zero attached hydrogens (tertiary/aromatic N) is 1. The lowest BCUT2D eigenvalue weighted by atomic mass is 9.83. The van der Waals surface area contributed by atoms with Crippen LogP contribution in [0.5, 0.6) is 23.0 Å². The van der Waals surface area contributed by atoms with Crippen molar-refractivity contribution >= 4 is 5.97 Å². The summed E-state index contributed by atoms with van der Waals surface area (Å²) in [5.74, 6) is 0.0871. The monoisotopic (exact) mass is 530 g/mol. The van der Waals surface area contributed by atoms with Crippen molar-refractivity contribution in [3.63, 3.8) is 0 Å². The third kappa shape index (κ3) is 6.50. The zero-order valence-corrected chi connectivity index (χ0v) is 22.0. The zero-order chi connectivity index (χ0) is 27.8. The standard InChI is InChI=1S/C31H31FN2O5/c1-3-4-5-6-7-16-37-26-15-10-21(17-28(26)36-2)29-24-14-13-23(18-27(24)39-30(34)25(29)19-33)38-31(35)20-8-11-22(32)12-9-20/h8-15,17-18,29H,3-7,16,34H2,1-2H3. The van der Waals surface area contributed by atoms with Crippen molar-refractivity contribution in [3.05, 3.63) is 94.6 Å². The van der Waals surface area contributed by atoms with Crippen molar-refractivity contribution in [1.82, 2.24) is 0 Å². The average molecular weight is 531 g/mol. The van der Waals surface area contributed by atoms with E-state index in [1.807, 2.05) is 18.2 Å². The summed E-state index contributed by atoms with van der Waals surface area (Å²) in [5.41, 5.74) is 8.04. The molecule has 0 spiro atoms. The molecule has 0 amide bonds. The fourth-order valence-electron chi connectivity index (χ4n) is 4.46. The fourth-order valence-corrected chi connectivity index (χ4v) is 4.46. The van der Waals surface area contributed by atoms with E-state index < -0.39 is 17.7 Å². The Morgan fingerprint density at radius 2 is 1.79 bits per heavy atom. The van der Waals surface area contributed by atoms with Crippen molar-refractivity contribution in [1.29, 1.82) is 5.26 Å². The van der Waals surface area contributed by atoms with E-state index in [0.717, 1.165) is 18.4 Å². The van der Waals surface area contributed by atoms with Crippen molar-refractivity contribution in [2.24, 2.45) is 5.73 Å². The molecule has 39 heavy (non-hydrogen) atoms. The Balaban J connectivity index is 1.57. The fraction of sp³-hybridized carbons (Fsp3) is 0.290. The second kappa shape index (κ2) is 12.8. The van der Waals surface area contributed by atoms with Gasteiger partial charge in [-0.2, -0.15) is 5.26 Å². The summed E-state index contributed by atoms with van der Waals surface area (Å²) in [5, 5.41) is 9.90. The Labute approximate surface area is 227 Å². The normalized spacial score (nSPS) is 14.2. The van der Waals surface area contributed by atoms with Gasteiger partial charge >= 0.3 is 5.97 Å². The van der Waals surface area contributed by atoms with Crippen LogP contribution in [0.1, 0.15) is 66.4 Å². The highest BCUT2D eigenvalue weighted by molar-refractivity contribution is 5.91. The molecule has 4 rings (SSSR count). The van der Waals surface area contributed by atoms with Crippen LogP contribution in [-0.2, 0) is 0 Å². The second-order valence-electron chi connectivity index (χ2n) is 9.19. The summed E-state index contributed by atoms with van der Waals surface area (Å²) in [6, 6.07) is 17.6. The van der Waals surface area contributed by atoms with Gasteiger partial charge in [0, 0.05) is 11.6 Å². The molecular formula is C31H31FN2O5. The summed E-state index contributed by atoms with van der Waals surface area (Å²) in [4.78, 5) is 12.5. The molecule has 0 saturated heterocycles. The molecule has 1 heterocycles. The van der Waals surface area contributed by atoms with Gasteiger partial charge in [-0.15, -0.1) is 0 Å². The molecule has 202 valence electrons. The molecule has 3 aromatic rings. The zero-order valence-electron chi connectivity index (χ0n) is 22.0. The summed E-state index contributed by atoms with van der Waals surface area (Å²) in [6.45, 7) is 2.78. The van der Waals surface area contributed by atoms with Crippen LogP contribution in [0.3, 0.4) is 0 Å². The van der Waals surface area contributed by atoms with E-state index in [4.69, 9.17) is 24.7 Å². The van der Waals surface area contributed by atoms with Gasteiger partial charge in [0.15, 0.2) is 11.5 Å². The number of nitrogens with two attached hydrogens (primary N) is 1. The van der Waals surface area contributed by atoms with Gasteiger partial charge in [0.05, 0.1) is 25.2 Å². The lowest BCUT2D eigenvalue weighted by Crippen LogP contribution is -2.21. The Kier molecular flexibility index (Phi) is 9.06. The van der Waals surface area contributed by atoms with Gasteiger partial charge in [0.1, 0.15) is 29.0 Å². The van der Waals surface area contributed by atoms with Crippen molar-refractivity contribution in [2.45, 2.75) is 44.9 Å². The first-order chi connectivity index (χ1) is 18.9. The molecule has 1 unspecified atom stereocenters. The molecule has 0 saturated carbocycles. The molecule has 0 fully saturated rings. The molecule has 8 heteroatoms. The minimum absolute atomic E-state index is 0.0385. The number of esters is 1. The van der Waals surface area contributed by atoms with Crippen LogP contribution in [0.2, 0.25) is 0 Å². The van der Waals surface area contributed by atoms with Gasteiger partial charge in [0.25, 0.3) is 0 Å². The molecule has 1 aliphatic rings. The largest absolute Gasteiger partial charge is 0.493 e. The van der Waals surface area contributed by atoms with Crippen LogP contribution in [0, 0.1) is 17.1 Å². The number of methoxy groups -OCH3 is 1. The molecule has 1 aliphatic heterocycles. The summed E-state index contributed by atoms with van der Waals surface area (Å²) in [7, 11) is 1.57. The SMILES string of the molecule is CCCCCCCOc1ccc(C2C(C#N)=C(N)Oc3cc(OC(=O)c4ccc(F)cc4)ccc32)cc1OC. The van der Waals surface area contributed by atoms with Crippen LogP contribution in [0.4, 0.5) is 4.39 Å². The number of nitriles is 1. The highest BCUT2D eigenvalue weighted by atomic mass is 19.1. The Hall–Kier alpha value is -4.51. The van der Waals surface area contributed by atoms with E-state index in [0.29, 0.717) is 29.4 Å². The van der Waals surface area contributed by atoms with Crippen LogP contribution in [0.25, 0.3) is 0 Å². The number of benzene rings is 3. The highest BCUT2D eigenvalue weighted by Crippen LogP contribution is 2.45. The molecule has 0 radical (unpaired) electrons. The van der Waals surface area contributed by atoms with Crippen LogP contribution < -0.4 is 24.7 Å². The number of hydrogen-bond donors (Lipinski definition) is 1. The number of carbonyl (C=O) groups excluding carboxylic acids is 1. The number of hydrogen-bond acceptors (Lipinski definition) is 7. The summed E-state index contributed by atoms with van der Waals surface area (Å²) in [6.07, 6.45) is 5.68. The lowest BCUT2D eigenvalue weighted by Gasteiger charge is -2.27. The predicted octanol–water partition coefficient (Wildman–Crippen LogP) is 6.62. The Morgan fingerprint density at radius 1 is 1.03 bits per heavy atom. The van der Waals surface area contributed by atoms with E-state index in [1.54, 1.807) is 19.2 Å². The maximum absolute atomic E-state index is 13.2. The van der Waals surface area contributed by atoms with Gasteiger partial charge in [-0.05, 0) is 54.4 Å². The van der Waals surface area contributed by atoms with E-state index in [-0.39, 0.29) is 22.8 Å². The first-order valence-electron chi connectivity index (χ1n) is 12.9. The molecule has 3 aromatic carbocycles. The lowest BCUT2D eigenvalue weighted by molar-refractivity contribution is 0.0734. The minimum atomic E-state index is -0.644. The number of allylic oxidation sites excluding steroid dienone is 1. The third-order valence-corrected chi connectivity index (χ3v) is 6.51. The molecule has 0 aliphatic carbocycles. The van der Waals surface area contributed by atoms with Crippen LogP contribution >= 0.6 is 0 Å². The molecule has 7 nitrogen and oxygen atoms in total. The highest BCUT2D eigenvalue weighted by Gasteiger charge is 2.32. The van der Waals surface area contributed by atoms with E-state index in [9.17, 15) is 14.4 Å². The Bertz CT molecular complexity index is 1400. The molecular weight excluding hydrogens is 499 g/mol. The number of halogens is 1. The Morgan fingerprint density at radius 3 is 2.51 bits per heavy atom. The molecule has 0 aromatic heterocycles. The third-order valence-electron chi connectivity index (χ3n) is 6.51. The second-order valence-corrected chi connectivity index (χ2v) is 9.19. The number of ether oxygens (including phenoxy) is 4. The summed E-state index contributed by atoms with van der Waals surface area (Å²) >= 11 is 0. The smallest absolute Gasteiger partial charge is 0.343 e. The van der Waals surface area contributed by atoms with Crippen molar-refractivity contribution < 1.29 is 28.1 Å². The van der Waals surface area contributed by atoms with E-state index in [2.05, 4.69) is 13.0 Å². The van der Waals surface area contributed by atoms with Crippen LogP contribution in [0.15, 0.2) is 72.1 Å². The average Bonchev–Trinajstić information content (AvgIpc) is 2.94. The summed E-state index contributed by atoms with van der Waals surface area (Å²) < 4.78 is 36.0. The molecule has 2 N–H and O–H groups in total.